The number of benzene rings is 1. The molecule has 0 aromatic heterocycles. The second-order valence-electron chi connectivity index (χ2n) is 6.30. The lowest BCUT2D eigenvalue weighted by molar-refractivity contribution is 0.156. The van der Waals surface area contributed by atoms with Crippen molar-refractivity contribution < 1.29 is 13.5 Å². The SMILES string of the molecule is CCC(O)CCNC1CCN(S(=O)(=O)c2ccc(C)cc2)CC1. The molecule has 1 fully saturated rings. The predicted molar refractivity (Wildman–Crippen MR) is 91.9 cm³/mol. The second-order valence-corrected chi connectivity index (χ2v) is 8.23. The number of rotatable bonds is 7. The van der Waals surface area contributed by atoms with Crippen LogP contribution in [0.25, 0.3) is 0 Å². The Morgan fingerprint density at radius 2 is 1.87 bits per heavy atom. The first kappa shape index (κ1) is 18.4. The number of sulfonamides is 1. The normalized spacial score (nSPS) is 18.9. The van der Waals surface area contributed by atoms with E-state index in [1.807, 2.05) is 26.0 Å². The summed E-state index contributed by atoms with van der Waals surface area (Å²) in [5.74, 6) is 0. The Balaban J connectivity index is 1.85. The third-order valence-corrected chi connectivity index (χ3v) is 6.41. The maximum Gasteiger partial charge on any atom is 0.243 e. The van der Waals surface area contributed by atoms with E-state index in [4.69, 9.17) is 0 Å². The molecule has 2 N–H and O–H groups in total. The first-order valence-corrected chi connectivity index (χ1v) is 9.85. The van der Waals surface area contributed by atoms with Crippen LogP contribution in [-0.2, 0) is 10.0 Å². The van der Waals surface area contributed by atoms with Gasteiger partial charge in [0, 0.05) is 19.1 Å². The molecule has 2 rings (SSSR count). The van der Waals surface area contributed by atoms with Crippen LogP contribution in [0.4, 0.5) is 0 Å². The van der Waals surface area contributed by atoms with E-state index in [0.717, 1.165) is 37.8 Å². The summed E-state index contributed by atoms with van der Waals surface area (Å²) in [6, 6.07) is 7.37. The molecule has 130 valence electrons. The van der Waals surface area contributed by atoms with E-state index in [-0.39, 0.29) is 6.10 Å². The molecule has 0 radical (unpaired) electrons. The molecule has 1 aromatic carbocycles. The third kappa shape index (κ3) is 5.01. The zero-order chi connectivity index (χ0) is 16.9. The van der Waals surface area contributed by atoms with E-state index >= 15 is 0 Å². The number of nitrogens with one attached hydrogen (secondary N) is 1. The van der Waals surface area contributed by atoms with Crippen molar-refractivity contribution in [2.75, 3.05) is 19.6 Å². The first-order valence-electron chi connectivity index (χ1n) is 8.41. The van der Waals surface area contributed by atoms with E-state index in [0.29, 0.717) is 24.0 Å². The highest BCUT2D eigenvalue weighted by Crippen LogP contribution is 2.21. The van der Waals surface area contributed by atoms with Gasteiger partial charge in [-0.3, -0.25) is 0 Å². The molecular formula is C17H28N2O3S. The molecule has 1 saturated heterocycles. The molecule has 1 atom stereocenters. The summed E-state index contributed by atoms with van der Waals surface area (Å²) in [5, 5.41) is 13.0. The van der Waals surface area contributed by atoms with Crippen LogP contribution in [0.15, 0.2) is 29.2 Å². The Kier molecular flexibility index (Phi) is 6.59. The fourth-order valence-corrected chi connectivity index (χ4v) is 4.29. The van der Waals surface area contributed by atoms with E-state index in [1.54, 1.807) is 16.4 Å². The van der Waals surface area contributed by atoms with Gasteiger partial charge in [0.2, 0.25) is 10.0 Å². The molecule has 6 heteroatoms. The molecule has 0 aliphatic carbocycles. The molecule has 1 heterocycles. The fraction of sp³-hybridized carbons (Fsp3) is 0.647. The molecule has 1 aliphatic rings. The van der Waals surface area contributed by atoms with Crippen LogP contribution in [0.1, 0.15) is 38.2 Å². The monoisotopic (exact) mass is 340 g/mol. The Morgan fingerprint density at radius 3 is 2.43 bits per heavy atom. The average molecular weight is 340 g/mol. The summed E-state index contributed by atoms with van der Waals surface area (Å²) in [6.45, 7) is 5.79. The standard InChI is InChI=1S/C17H28N2O3S/c1-3-16(20)8-11-18-15-9-12-19(13-10-15)23(21,22)17-6-4-14(2)5-7-17/h4-7,15-16,18,20H,3,8-13H2,1-2H3. The van der Waals surface area contributed by atoms with Gasteiger partial charge < -0.3 is 10.4 Å². The van der Waals surface area contributed by atoms with Crippen molar-refractivity contribution in [2.24, 2.45) is 0 Å². The van der Waals surface area contributed by atoms with Crippen LogP contribution in [-0.4, -0.2) is 49.6 Å². The van der Waals surface area contributed by atoms with Gasteiger partial charge in [0.05, 0.1) is 11.0 Å². The first-order chi connectivity index (χ1) is 10.9. The van der Waals surface area contributed by atoms with Crippen LogP contribution in [0.3, 0.4) is 0 Å². The van der Waals surface area contributed by atoms with Crippen molar-refractivity contribution in [3.63, 3.8) is 0 Å². The number of aliphatic hydroxyl groups excluding tert-OH is 1. The summed E-state index contributed by atoms with van der Waals surface area (Å²) >= 11 is 0. The highest BCUT2D eigenvalue weighted by atomic mass is 32.2. The number of nitrogens with zero attached hydrogens (tertiary/aromatic N) is 1. The van der Waals surface area contributed by atoms with Crippen molar-refractivity contribution in [2.45, 2.75) is 56.6 Å². The minimum atomic E-state index is -3.37. The lowest BCUT2D eigenvalue weighted by Gasteiger charge is -2.32. The van der Waals surface area contributed by atoms with Crippen molar-refractivity contribution in [3.05, 3.63) is 29.8 Å². The largest absolute Gasteiger partial charge is 0.393 e. The maximum atomic E-state index is 12.6. The maximum absolute atomic E-state index is 12.6. The number of piperidine rings is 1. The summed E-state index contributed by atoms with van der Waals surface area (Å²) in [6.07, 6.45) is 2.90. The van der Waals surface area contributed by atoms with Gasteiger partial charge in [-0.25, -0.2) is 8.42 Å². The second kappa shape index (κ2) is 8.24. The molecule has 0 bridgehead atoms. The highest BCUT2D eigenvalue weighted by molar-refractivity contribution is 7.89. The molecule has 1 aromatic rings. The summed E-state index contributed by atoms with van der Waals surface area (Å²) in [5.41, 5.74) is 1.06. The minimum Gasteiger partial charge on any atom is -0.393 e. The van der Waals surface area contributed by atoms with Crippen LogP contribution < -0.4 is 5.32 Å². The Morgan fingerprint density at radius 1 is 1.26 bits per heavy atom. The quantitative estimate of drug-likeness (QED) is 0.795. The lowest BCUT2D eigenvalue weighted by atomic mass is 10.1. The number of aryl methyl sites for hydroxylation is 1. The Labute approximate surface area is 139 Å². The highest BCUT2D eigenvalue weighted by Gasteiger charge is 2.29. The van der Waals surface area contributed by atoms with Gasteiger partial charge in [-0.05, 0) is 51.3 Å². The van der Waals surface area contributed by atoms with Crippen molar-refractivity contribution in [1.82, 2.24) is 9.62 Å². The molecule has 0 spiro atoms. The van der Waals surface area contributed by atoms with Crippen molar-refractivity contribution in [1.29, 1.82) is 0 Å². The summed E-state index contributed by atoms with van der Waals surface area (Å²) in [4.78, 5) is 0.376. The van der Waals surface area contributed by atoms with E-state index in [2.05, 4.69) is 5.32 Å². The average Bonchev–Trinajstić information content (AvgIpc) is 2.55. The van der Waals surface area contributed by atoms with Gasteiger partial charge in [0.15, 0.2) is 0 Å². The molecule has 5 nitrogen and oxygen atoms in total. The smallest absolute Gasteiger partial charge is 0.243 e. The van der Waals surface area contributed by atoms with E-state index < -0.39 is 10.0 Å². The topological polar surface area (TPSA) is 69.6 Å². The van der Waals surface area contributed by atoms with E-state index in [9.17, 15) is 13.5 Å². The molecule has 0 amide bonds. The van der Waals surface area contributed by atoms with Gasteiger partial charge >= 0.3 is 0 Å². The van der Waals surface area contributed by atoms with Crippen LogP contribution >= 0.6 is 0 Å². The fourth-order valence-electron chi connectivity index (χ4n) is 2.82. The molecule has 0 saturated carbocycles. The summed E-state index contributed by atoms with van der Waals surface area (Å²) in [7, 11) is -3.37. The third-order valence-electron chi connectivity index (χ3n) is 4.49. The number of aliphatic hydroxyl groups is 1. The van der Waals surface area contributed by atoms with Crippen LogP contribution in [0, 0.1) is 6.92 Å². The van der Waals surface area contributed by atoms with Gasteiger partial charge in [0.1, 0.15) is 0 Å². The zero-order valence-electron chi connectivity index (χ0n) is 14.0. The van der Waals surface area contributed by atoms with Gasteiger partial charge in [-0.1, -0.05) is 24.6 Å². The van der Waals surface area contributed by atoms with Crippen molar-refractivity contribution in [3.8, 4) is 0 Å². The van der Waals surface area contributed by atoms with E-state index in [1.165, 1.54) is 0 Å². The Bertz CT molecular complexity index is 578. The molecule has 1 aliphatic heterocycles. The van der Waals surface area contributed by atoms with Crippen molar-refractivity contribution >= 4 is 10.0 Å². The van der Waals surface area contributed by atoms with Gasteiger partial charge in [-0.2, -0.15) is 4.31 Å². The number of hydrogen-bond acceptors (Lipinski definition) is 4. The number of hydrogen-bond donors (Lipinski definition) is 2. The van der Waals surface area contributed by atoms with Gasteiger partial charge in [0.25, 0.3) is 0 Å². The summed E-state index contributed by atoms with van der Waals surface area (Å²) < 4.78 is 26.8. The van der Waals surface area contributed by atoms with Crippen LogP contribution in [0.5, 0.6) is 0 Å². The minimum absolute atomic E-state index is 0.246. The molecule has 1 unspecified atom stereocenters. The Hall–Kier alpha value is -0.950. The lowest BCUT2D eigenvalue weighted by Crippen LogP contribution is -2.45. The van der Waals surface area contributed by atoms with Crippen LogP contribution in [0.2, 0.25) is 0 Å². The predicted octanol–water partition coefficient (Wildman–Crippen LogP) is 1.90. The molecule has 23 heavy (non-hydrogen) atoms. The molecular weight excluding hydrogens is 312 g/mol. The zero-order valence-corrected chi connectivity index (χ0v) is 14.8. The van der Waals surface area contributed by atoms with Gasteiger partial charge in [-0.15, -0.1) is 0 Å².